The second kappa shape index (κ2) is 20.8. The van der Waals surface area contributed by atoms with E-state index in [1.165, 1.54) is 64.5 Å². The van der Waals surface area contributed by atoms with E-state index in [2.05, 4.69) is 0 Å². The van der Waals surface area contributed by atoms with Gasteiger partial charge in [-0.25, -0.2) is 4.79 Å². The number of carbonyl (C=O) groups is 3. The van der Waals surface area contributed by atoms with Gasteiger partial charge < -0.3 is 78.7 Å². The summed E-state index contributed by atoms with van der Waals surface area (Å²) in [5.74, 6) is -1.80. The standard InChI is InChI=1S/C39H50O19/c1-20(41)16-39(2,58-38-35(50)33(48)31(46)27(56-38)19-54-28(43)12-9-21-7-10-23(42)11-8-21)17-29(44)53-13-5-6-22-14-24(51-3)36(25(15-22)52-4)57-37-34(49)32(47)30(45)26(18-40)55-37/h5-12,14-15,26-27,30-35,37-38,40,42,45-50H,13,16-19H2,1-4H3/t26-,27-,30-,31+,32+,33+,34-,35-,37-,38-,39+/m1/s1. The van der Waals surface area contributed by atoms with Gasteiger partial charge in [0.1, 0.15) is 73.6 Å². The highest BCUT2D eigenvalue weighted by molar-refractivity contribution is 5.87. The van der Waals surface area contributed by atoms with Crippen LogP contribution in [0.2, 0.25) is 0 Å². The van der Waals surface area contributed by atoms with Gasteiger partial charge in [-0.3, -0.25) is 9.59 Å². The van der Waals surface area contributed by atoms with Crippen LogP contribution in [-0.2, 0) is 38.1 Å². The summed E-state index contributed by atoms with van der Waals surface area (Å²) in [5.41, 5.74) is -0.563. The minimum Gasteiger partial charge on any atom is -0.508 e. The Hall–Kier alpha value is -4.67. The Morgan fingerprint density at radius 1 is 0.759 bits per heavy atom. The third kappa shape index (κ3) is 12.2. The Balaban J connectivity index is 1.36. The SMILES string of the molecule is COc1cc(C=CCOC(=O)C[C@](C)(CC(C)=O)O[C@H]2O[C@H](COC(=O)C=Cc3ccc(O)cc3)[C@H](O)[C@H](O)[C@H]2O)cc(OC)c1O[C@H]1O[C@H](CO)[C@@H](O)[C@H](O)[C@H]1O. The Morgan fingerprint density at radius 2 is 1.34 bits per heavy atom. The third-order valence-corrected chi connectivity index (χ3v) is 9.12. The topological polar surface area (TPSA) is 287 Å². The van der Waals surface area contributed by atoms with Crippen molar-refractivity contribution < 1.29 is 93.1 Å². The first-order valence-corrected chi connectivity index (χ1v) is 18.0. The average molecular weight is 823 g/mol. The molecule has 2 aromatic carbocycles. The maximum absolute atomic E-state index is 13.0. The zero-order chi connectivity index (χ0) is 42.7. The molecule has 0 spiro atoms. The van der Waals surface area contributed by atoms with E-state index in [0.29, 0.717) is 11.1 Å². The van der Waals surface area contributed by atoms with Gasteiger partial charge in [-0.05, 0) is 61.4 Å². The van der Waals surface area contributed by atoms with E-state index in [0.717, 1.165) is 6.08 Å². The lowest BCUT2D eigenvalue weighted by Crippen LogP contribution is -2.61. The first kappa shape index (κ1) is 46.0. The molecule has 0 amide bonds. The summed E-state index contributed by atoms with van der Waals surface area (Å²) in [6.45, 7) is 1.17. The molecule has 4 rings (SSSR count). The number of rotatable bonds is 18. The van der Waals surface area contributed by atoms with Gasteiger partial charge in [0.05, 0.1) is 32.8 Å². The fraction of sp³-hybridized carbons (Fsp3) is 0.513. The second-order valence-electron chi connectivity index (χ2n) is 13.8. The molecule has 11 atom stereocenters. The summed E-state index contributed by atoms with van der Waals surface area (Å²) in [7, 11) is 2.67. The van der Waals surface area contributed by atoms with Crippen molar-refractivity contribution in [3.63, 3.8) is 0 Å². The predicted molar refractivity (Wildman–Crippen MR) is 198 cm³/mol. The van der Waals surface area contributed by atoms with Gasteiger partial charge >= 0.3 is 11.9 Å². The van der Waals surface area contributed by atoms with Gasteiger partial charge in [0.25, 0.3) is 0 Å². The molecule has 2 saturated heterocycles. The van der Waals surface area contributed by atoms with Crippen LogP contribution in [0.25, 0.3) is 12.2 Å². The number of hydrogen-bond acceptors (Lipinski definition) is 19. The largest absolute Gasteiger partial charge is 0.508 e. The minimum atomic E-state index is -1.83. The van der Waals surface area contributed by atoms with Crippen molar-refractivity contribution in [3.8, 4) is 23.0 Å². The van der Waals surface area contributed by atoms with Gasteiger partial charge in [-0.2, -0.15) is 0 Å². The molecule has 2 fully saturated rings. The first-order chi connectivity index (χ1) is 27.5. The van der Waals surface area contributed by atoms with Crippen molar-refractivity contribution in [2.45, 2.75) is 93.7 Å². The fourth-order valence-electron chi connectivity index (χ4n) is 6.14. The molecule has 0 unspecified atom stereocenters. The van der Waals surface area contributed by atoms with Gasteiger partial charge in [0.15, 0.2) is 17.8 Å². The molecule has 19 nitrogen and oxygen atoms in total. The summed E-state index contributed by atoms with van der Waals surface area (Å²) in [5, 5.41) is 81.3. The monoisotopic (exact) mass is 822 g/mol. The Kier molecular flexibility index (Phi) is 16.5. The molecule has 2 aliphatic heterocycles. The molecule has 320 valence electrons. The Morgan fingerprint density at radius 3 is 1.93 bits per heavy atom. The van der Waals surface area contributed by atoms with Crippen LogP contribution in [0.15, 0.2) is 48.6 Å². The first-order valence-electron chi connectivity index (χ1n) is 18.0. The lowest BCUT2D eigenvalue weighted by molar-refractivity contribution is -0.325. The number of ether oxygens (including phenoxy) is 8. The highest BCUT2D eigenvalue weighted by atomic mass is 16.7. The molecule has 2 heterocycles. The lowest BCUT2D eigenvalue weighted by atomic mass is 9.94. The number of esters is 2. The van der Waals surface area contributed by atoms with Crippen molar-refractivity contribution >= 4 is 29.9 Å². The molecular formula is C39H50O19. The smallest absolute Gasteiger partial charge is 0.330 e. The van der Waals surface area contributed by atoms with Crippen LogP contribution in [-0.4, -0.2) is 160 Å². The van der Waals surface area contributed by atoms with Crippen LogP contribution < -0.4 is 14.2 Å². The van der Waals surface area contributed by atoms with Crippen molar-refractivity contribution in [3.05, 3.63) is 59.7 Å². The molecule has 0 radical (unpaired) electrons. The number of ketones is 1. The quantitative estimate of drug-likeness (QED) is 0.0685. The normalized spacial score (nSPS) is 28.5. The highest BCUT2D eigenvalue weighted by Crippen LogP contribution is 2.41. The van der Waals surface area contributed by atoms with Gasteiger partial charge in [0, 0.05) is 12.5 Å². The van der Waals surface area contributed by atoms with Crippen LogP contribution in [0, 0.1) is 0 Å². The number of phenols is 1. The number of Topliss-reactive ketones (excluding diaryl/α,β-unsaturated/α-hetero) is 1. The Labute approximate surface area is 333 Å². The molecule has 0 aliphatic carbocycles. The molecule has 8 N–H and O–H groups in total. The van der Waals surface area contributed by atoms with Crippen molar-refractivity contribution in [1.82, 2.24) is 0 Å². The van der Waals surface area contributed by atoms with Crippen LogP contribution in [0.3, 0.4) is 0 Å². The number of benzene rings is 2. The molecule has 2 aromatic rings. The maximum Gasteiger partial charge on any atom is 0.330 e. The molecule has 19 heteroatoms. The number of aromatic hydroxyl groups is 1. The van der Waals surface area contributed by atoms with E-state index >= 15 is 0 Å². The molecular weight excluding hydrogens is 772 g/mol. The summed E-state index contributed by atoms with van der Waals surface area (Å²) < 4.78 is 44.1. The molecule has 0 bridgehead atoms. The summed E-state index contributed by atoms with van der Waals surface area (Å²) in [4.78, 5) is 37.6. The van der Waals surface area contributed by atoms with Crippen molar-refractivity contribution in [2.75, 3.05) is 34.0 Å². The summed E-state index contributed by atoms with van der Waals surface area (Å²) in [6.07, 6.45) is -11.4. The highest BCUT2D eigenvalue weighted by Gasteiger charge is 2.48. The van der Waals surface area contributed by atoms with E-state index in [1.54, 1.807) is 18.2 Å². The average Bonchev–Trinajstić information content (AvgIpc) is 3.18. The predicted octanol–water partition coefficient (Wildman–Crippen LogP) is -0.647. The number of aliphatic hydroxyl groups excluding tert-OH is 7. The minimum absolute atomic E-state index is 0.0248. The summed E-state index contributed by atoms with van der Waals surface area (Å²) >= 11 is 0. The van der Waals surface area contributed by atoms with Gasteiger partial charge in [-0.15, -0.1) is 0 Å². The van der Waals surface area contributed by atoms with Crippen LogP contribution in [0.4, 0.5) is 0 Å². The number of carbonyl (C=O) groups excluding carboxylic acids is 3. The van der Waals surface area contributed by atoms with Gasteiger partial charge in [0.2, 0.25) is 12.0 Å². The number of hydrogen-bond donors (Lipinski definition) is 8. The van der Waals surface area contributed by atoms with E-state index in [9.17, 15) is 55.2 Å². The van der Waals surface area contributed by atoms with E-state index in [1.807, 2.05) is 0 Å². The molecule has 0 saturated carbocycles. The van der Waals surface area contributed by atoms with Crippen molar-refractivity contribution in [1.29, 1.82) is 0 Å². The van der Waals surface area contributed by atoms with E-state index in [4.69, 9.17) is 37.9 Å². The maximum atomic E-state index is 13.0. The zero-order valence-electron chi connectivity index (χ0n) is 32.2. The van der Waals surface area contributed by atoms with Crippen LogP contribution >= 0.6 is 0 Å². The number of aliphatic hydroxyl groups is 7. The lowest BCUT2D eigenvalue weighted by Gasteiger charge is -2.43. The molecule has 58 heavy (non-hydrogen) atoms. The number of phenolic OH excluding ortho intramolecular Hbond substituents is 1. The van der Waals surface area contributed by atoms with Crippen LogP contribution in [0.1, 0.15) is 37.8 Å². The third-order valence-electron chi connectivity index (χ3n) is 9.12. The van der Waals surface area contributed by atoms with Gasteiger partial charge in [-0.1, -0.05) is 18.2 Å². The molecule has 2 aliphatic rings. The number of methoxy groups -OCH3 is 2. The Bertz CT molecular complexity index is 1720. The summed E-state index contributed by atoms with van der Waals surface area (Å²) in [6, 6.07) is 9.01. The van der Waals surface area contributed by atoms with Crippen molar-refractivity contribution in [2.24, 2.45) is 0 Å². The fourth-order valence-corrected chi connectivity index (χ4v) is 6.14. The molecule has 0 aromatic heterocycles. The van der Waals surface area contributed by atoms with Crippen LogP contribution in [0.5, 0.6) is 23.0 Å². The van der Waals surface area contributed by atoms with E-state index < -0.39 is 104 Å². The second-order valence-corrected chi connectivity index (χ2v) is 13.8. The zero-order valence-corrected chi connectivity index (χ0v) is 32.2. The van der Waals surface area contributed by atoms with E-state index in [-0.39, 0.29) is 36.0 Å².